The zero-order valence-corrected chi connectivity index (χ0v) is 8.86. The molecule has 0 radical (unpaired) electrons. The highest BCUT2D eigenvalue weighted by Crippen LogP contribution is 2.09. The van der Waals surface area contributed by atoms with Gasteiger partial charge < -0.3 is 10.2 Å². The second-order valence-corrected chi connectivity index (χ2v) is 3.61. The van der Waals surface area contributed by atoms with Crippen molar-refractivity contribution >= 4 is 18.1 Å². The predicted molar refractivity (Wildman–Crippen MR) is 54.1 cm³/mol. The quantitative estimate of drug-likeness (QED) is 0.502. The molecule has 2 amide bonds. The van der Waals surface area contributed by atoms with Crippen LogP contribution >= 0.6 is 0 Å². The van der Waals surface area contributed by atoms with Crippen LogP contribution in [0.15, 0.2) is 0 Å². The zero-order chi connectivity index (χ0) is 11.3. The summed E-state index contributed by atoms with van der Waals surface area (Å²) in [7, 11) is 0. The second kappa shape index (κ2) is 5.48. The monoisotopic (exact) mass is 212 g/mol. The number of hydrogen-bond acceptors (Lipinski definition) is 3. The Morgan fingerprint density at radius 2 is 2.00 bits per heavy atom. The number of carbonyl (C=O) groups excluding carboxylic acids is 3. The van der Waals surface area contributed by atoms with Crippen molar-refractivity contribution in [2.75, 3.05) is 13.1 Å². The molecule has 1 heterocycles. The summed E-state index contributed by atoms with van der Waals surface area (Å²) in [6.07, 6.45) is 2.81. The van der Waals surface area contributed by atoms with Crippen LogP contribution in [0.25, 0.3) is 0 Å². The number of amides is 2. The van der Waals surface area contributed by atoms with Crippen molar-refractivity contribution in [3.63, 3.8) is 0 Å². The number of nitrogens with one attached hydrogen (secondary N) is 1. The van der Waals surface area contributed by atoms with Gasteiger partial charge in [0, 0.05) is 13.1 Å². The van der Waals surface area contributed by atoms with E-state index in [-0.39, 0.29) is 0 Å². The number of hydrogen-bond donors (Lipinski definition) is 1. The Labute approximate surface area is 88.8 Å². The van der Waals surface area contributed by atoms with Crippen LogP contribution in [-0.4, -0.2) is 42.1 Å². The van der Waals surface area contributed by atoms with Crippen molar-refractivity contribution in [1.29, 1.82) is 0 Å². The van der Waals surface area contributed by atoms with Gasteiger partial charge in [0.2, 0.25) is 12.2 Å². The van der Waals surface area contributed by atoms with E-state index in [1.807, 2.05) is 0 Å². The molecule has 0 aromatic rings. The van der Waals surface area contributed by atoms with Crippen LogP contribution in [0.3, 0.4) is 0 Å². The van der Waals surface area contributed by atoms with Crippen LogP contribution in [0, 0.1) is 0 Å². The fourth-order valence-corrected chi connectivity index (χ4v) is 1.69. The van der Waals surface area contributed by atoms with E-state index in [2.05, 4.69) is 5.32 Å². The molecular weight excluding hydrogens is 196 g/mol. The highest BCUT2D eigenvalue weighted by atomic mass is 16.2. The van der Waals surface area contributed by atoms with Gasteiger partial charge in [-0.05, 0) is 19.3 Å². The molecule has 0 unspecified atom stereocenters. The number of ketones is 1. The summed E-state index contributed by atoms with van der Waals surface area (Å²) in [6.45, 7) is 3.07. The first-order valence-electron chi connectivity index (χ1n) is 5.23. The average molecular weight is 212 g/mol. The first kappa shape index (κ1) is 11.7. The third-order valence-corrected chi connectivity index (χ3v) is 2.60. The summed E-state index contributed by atoms with van der Waals surface area (Å²) in [4.78, 5) is 35.1. The molecule has 1 N–H and O–H groups in total. The highest BCUT2D eigenvalue weighted by molar-refractivity contribution is 6.38. The molecule has 1 atom stereocenters. The van der Waals surface area contributed by atoms with Gasteiger partial charge in [-0.25, -0.2) is 0 Å². The van der Waals surface area contributed by atoms with Crippen molar-refractivity contribution < 1.29 is 14.4 Å². The fourth-order valence-electron chi connectivity index (χ4n) is 1.69. The Morgan fingerprint density at radius 3 is 2.47 bits per heavy atom. The first-order valence-corrected chi connectivity index (χ1v) is 5.23. The minimum absolute atomic E-state index is 0.442. The van der Waals surface area contributed by atoms with Gasteiger partial charge in [-0.1, -0.05) is 6.92 Å². The third kappa shape index (κ3) is 2.78. The summed E-state index contributed by atoms with van der Waals surface area (Å²) >= 11 is 0. The van der Waals surface area contributed by atoms with E-state index < -0.39 is 17.7 Å². The van der Waals surface area contributed by atoms with Crippen LogP contribution < -0.4 is 5.32 Å². The van der Waals surface area contributed by atoms with Gasteiger partial charge >= 0.3 is 0 Å². The van der Waals surface area contributed by atoms with Gasteiger partial charge in [-0.3, -0.25) is 14.4 Å². The van der Waals surface area contributed by atoms with Crippen LogP contribution in [0.5, 0.6) is 0 Å². The average Bonchev–Trinajstić information content (AvgIpc) is 2.77. The van der Waals surface area contributed by atoms with E-state index >= 15 is 0 Å². The second-order valence-electron chi connectivity index (χ2n) is 3.61. The van der Waals surface area contributed by atoms with E-state index in [9.17, 15) is 14.4 Å². The molecule has 1 rings (SSSR count). The van der Waals surface area contributed by atoms with Crippen LogP contribution in [0.1, 0.15) is 26.2 Å². The molecule has 1 aliphatic heterocycles. The Balaban J connectivity index is 2.56. The van der Waals surface area contributed by atoms with Gasteiger partial charge in [0.1, 0.15) is 0 Å². The van der Waals surface area contributed by atoms with E-state index in [4.69, 9.17) is 0 Å². The summed E-state index contributed by atoms with van der Waals surface area (Å²) in [5.41, 5.74) is 0. The lowest BCUT2D eigenvalue weighted by atomic mass is 10.1. The molecule has 5 nitrogen and oxygen atoms in total. The number of likely N-dealkylation sites (tertiary alicyclic amines) is 1. The first-order chi connectivity index (χ1) is 7.20. The third-order valence-electron chi connectivity index (χ3n) is 2.60. The highest BCUT2D eigenvalue weighted by Gasteiger charge is 2.29. The lowest BCUT2D eigenvalue weighted by Crippen LogP contribution is -2.45. The van der Waals surface area contributed by atoms with Crippen molar-refractivity contribution in [2.24, 2.45) is 0 Å². The topological polar surface area (TPSA) is 66.5 Å². The molecule has 84 valence electrons. The number of rotatable bonds is 5. The van der Waals surface area contributed by atoms with Crippen molar-refractivity contribution in [1.82, 2.24) is 10.2 Å². The fraction of sp³-hybridized carbons (Fsp3) is 0.700. The summed E-state index contributed by atoms with van der Waals surface area (Å²) < 4.78 is 0. The Morgan fingerprint density at radius 1 is 1.40 bits per heavy atom. The van der Waals surface area contributed by atoms with E-state index in [1.165, 1.54) is 0 Å². The molecule has 1 fully saturated rings. The molecule has 0 aromatic carbocycles. The number of Topliss-reactive ketones (excluding diaryl/α,β-unsaturated/α-hetero) is 1. The molecular formula is C10H16N2O3. The number of nitrogens with zero attached hydrogens (tertiary/aromatic N) is 1. The van der Waals surface area contributed by atoms with Gasteiger partial charge in [0.05, 0.1) is 6.04 Å². The molecule has 0 bridgehead atoms. The summed E-state index contributed by atoms with van der Waals surface area (Å²) in [5.74, 6) is -0.972. The standard InChI is InChI=1S/C10H16N2O3/c1-2-8(11-7-13)9(14)10(15)12-5-3-4-6-12/h7-8H,2-6H2,1H3,(H,11,13)/t8-/m0/s1. The molecule has 0 saturated carbocycles. The smallest absolute Gasteiger partial charge is 0.292 e. The lowest BCUT2D eigenvalue weighted by molar-refractivity contribution is -0.145. The largest absolute Gasteiger partial charge is 0.348 e. The lowest BCUT2D eigenvalue weighted by Gasteiger charge is -2.18. The minimum Gasteiger partial charge on any atom is -0.348 e. The van der Waals surface area contributed by atoms with Crippen molar-refractivity contribution in [3.05, 3.63) is 0 Å². The summed E-state index contributed by atoms with van der Waals surface area (Å²) in [6, 6.07) is -0.671. The molecule has 1 aliphatic rings. The Hall–Kier alpha value is -1.39. The molecule has 1 saturated heterocycles. The summed E-state index contributed by atoms with van der Waals surface area (Å²) in [5, 5.41) is 2.36. The van der Waals surface area contributed by atoms with Gasteiger partial charge in [0.25, 0.3) is 5.91 Å². The van der Waals surface area contributed by atoms with Crippen LogP contribution in [0.2, 0.25) is 0 Å². The Kier molecular flexibility index (Phi) is 4.27. The SMILES string of the molecule is CC[C@H](NC=O)C(=O)C(=O)N1CCCC1. The van der Waals surface area contributed by atoms with Gasteiger partial charge in [0.15, 0.2) is 0 Å². The van der Waals surface area contributed by atoms with E-state index in [1.54, 1.807) is 11.8 Å². The van der Waals surface area contributed by atoms with E-state index in [0.29, 0.717) is 25.9 Å². The minimum atomic E-state index is -0.671. The number of carbonyl (C=O) groups is 3. The molecule has 0 spiro atoms. The Bertz CT molecular complexity index is 259. The van der Waals surface area contributed by atoms with Crippen LogP contribution in [-0.2, 0) is 14.4 Å². The van der Waals surface area contributed by atoms with Crippen LogP contribution in [0.4, 0.5) is 0 Å². The van der Waals surface area contributed by atoms with Crippen molar-refractivity contribution in [3.8, 4) is 0 Å². The molecule has 0 aliphatic carbocycles. The predicted octanol–water partition coefficient (Wildman–Crippen LogP) is -0.298. The maximum absolute atomic E-state index is 11.6. The normalized spacial score (nSPS) is 17.3. The molecule has 15 heavy (non-hydrogen) atoms. The maximum Gasteiger partial charge on any atom is 0.292 e. The van der Waals surface area contributed by atoms with Crippen molar-refractivity contribution in [2.45, 2.75) is 32.2 Å². The van der Waals surface area contributed by atoms with E-state index in [0.717, 1.165) is 12.8 Å². The molecule has 5 heteroatoms. The zero-order valence-electron chi connectivity index (χ0n) is 8.86. The molecule has 0 aromatic heterocycles. The van der Waals surface area contributed by atoms with Gasteiger partial charge in [-0.2, -0.15) is 0 Å². The van der Waals surface area contributed by atoms with Gasteiger partial charge in [-0.15, -0.1) is 0 Å². The maximum atomic E-state index is 11.6.